The summed E-state index contributed by atoms with van der Waals surface area (Å²) in [6.07, 6.45) is 7.26. The van der Waals surface area contributed by atoms with E-state index < -0.39 is 0 Å². The summed E-state index contributed by atoms with van der Waals surface area (Å²) in [4.78, 5) is 4.94. The minimum absolute atomic E-state index is 0.598. The van der Waals surface area contributed by atoms with Crippen molar-refractivity contribution in [2.45, 2.75) is 57.4 Å². The summed E-state index contributed by atoms with van der Waals surface area (Å²) >= 11 is 0. The molecule has 3 nitrogen and oxygen atoms in total. The van der Waals surface area contributed by atoms with E-state index in [0.717, 1.165) is 30.3 Å². The number of hydrogen-bond acceptors (Lipinski definition) is 2. The summed E-state index contributed by atoms with van der Waals surface area (Å²) in [5, 5.41) is 0. The monoisotopic (exact) mass is 281 g/mol. The van der Waals surface area contributed by atoms with Crippen LogP contribution in [0.15, 0.2) is 24.3 Å². The van der Waals surface area contributed by atoms with Crippen molar-refractivity contribution >= 4 is 5.82 Å². The number of nitrogen functional groups attached to an aromatic ring is 1. The van der Waals surface area contributed by atoms with Crippen LogP contribution in [0.25, 0.3) is 11.3 Å². The number of hydrogen-bond donors (Lipinski definition) is 1. The first-order valence-corrected chi connectivity index (χ1v) is 8.25. The van der Waals surface area contributed by atoms with Crippen molar-refractivity contribution < 1.29 is 0 Å². The Morgan fingerprint density at radius 2 is 1.95 bits per heavy atom. The van der Waals surface area contributed by atoms with E-state index in [9.17, 15) is 0 Å². The summed E-state index contributed by atoms with van der Waals surface area (Å²) < 4.78 is 2.31. The van der Waals surface area contributed by atoms with Gasteiger partial charge in [0.15, 0.2) is 0 Å². The molecule has 2 fully saturated rings. The van der Waals surface area contributed by atoms with Gasteiger partial charge in [-0.05, 0) is 43.6 Å². The summed E-state index contributed by atoms with van der Waals surface area (Å²) in [6.45, 7) is 2.21. The zero-order valence-electron chi connectivity index (χ0n) is 12.7. The van der Waals surface area contributed by atoms with Gasteiger partial charge in [-0.25, -0.2) is 4.98 Å². The van der Waals surface area contributed by atoms with E-state index in [-0.39, 0.29) is 0 Å². The molecular weight excluding hydrogens is 258 g/mol. The third-order valence-electron chi connectivity index (χ3n) is 4.64. The molecule has 1 aromatic heterocycles. The normalized spacial score (nSPS) is 18.1. The third-order valence-corrected chi connectivity index (χ3v) is 4.64. The first kappa shape index (κ1) is 12.9. The Balaban J connectivity index is 1.83. The zero-order chi connectivity index (χ0) is 14.4. The van der Waals surface area contributed by atoms with Crippen LogP contribution < -0.4 is 5.73 Å². The standard InChI is InChI=1S/C18H23N3/c1-2-5-16-20-17(18(19)21(16)13-10-11-13)15-7-4-3-6-14(15)12-8-9-12/h3-4,6-7,12-13H,2,5,8-11,19H2,1H3. The molecule has 1 heterocycles. The molecular formula is C18H23N3. The molecule has 1 aromatic carbocycles. The second-order valence-corrected chi connectivity index (χ2v) is 6.47. The first-order valence-electron chi connectivity index (χ1n) is 8.25. The fraction of sp³-hybridized carbons (Fsp3) is 0.500. The van der Waals surface area contributed by atoms with Gasteiger partial charge in [-0.3, -0.25) is 0 Å². The molecule has 2 N–H and O–H groups in total. The molecule has 2 aliphatic carbocycles. The molecule has 3 heteroatoms. The molecule has 0 atom stereocenters. The Kier molecular flexibility index (Phi) is 3.02. The number of aromatic nitrogens is 2. The number of rotatable bonds is 5. The molecule has 2 aromatic rings. The molecule has 0 aliphatic heterocycles. The lowest BCUT2D eigenvalue weighted by Crippen LogP contribution is -2.05. The van der Waals surface area contributed by atoms with E-state index in [1.807, 2.05) is 0 Å². The van der Waals surface area contributed by atoms with Gasteiger partial charge in [-0.15, -0.1) is 0 Å². The van der Waals surface area contributed by atoms with Crippen molar-refractivity contribution in [1.82, 2.24) is 9.55 Å². The van der Waals surface area contributed by atoms with Crippen LogP contribution in [0.4, 0.5) is 5.82 Å². The average Bonchev–Trinajstić information content (AvgIpc) is 3.38. The van der Waals surface area contributed by atoms with Crippen molar-refractivity contribution in [3.8, 4) is 11.3 Å². The number of benzene rings is 1. The fourth-order valence-corrected chi connectivity index (χ4v) is 3.29. The molecule has 2 saturated carbocycles. The lowest BCUT2D eigenvalue weighted by molar-refractivity contribution is 0.676. The van der Waals surface area contributed by atoms with Gasteiger partial charge >= 0.3 is 0 Å². The number of imidazole rings is 1. The van der Waals surface area contributed by atoms with Gasteiger partial charge < -0.3 is 10.3 Å². The van der Waals surface area contributed by atoms with Crippen LogP contribution in [0, 0.1) is 0 Å². The van der Waals surface area contributed by atoms with Gasteiger partial charge in [0.2, 0.25) is 0 Å². The van der Waals surface area contributed by atoms with Gasteiger partial charge in [0, 0.05) is 18.0 Å². The maximum Gasteiger partial charge on any atom is 0.132 e. The summed E-state index contributed by atoms with van der Waals surface area (Å²) in [6, 6.07) is 9.29. The minimum atomic E-state index is 0.598. The Morgan fingerprint density at radius 1 is 1.19 bits per heavy atom. The number of nitrogens with zero attached hydrogens (tertiary/aromatic N) is 2. The number of anilines is 1. The second kappa shape index (κ2) is 4.90. The molecule has 21 heavy (non-hydrogen) atoms. The molecule has 2 aliphatic rings. The summed E-state index contributed by atoms with van der Waals surface area (Å²) in [5.74, 6) is 2.79. The van der Waals surface area contributed by atoms with Crippen molar-refractivity contribution in [3.05, 3.63) is 35.7 Å². The van der Waals surface area contributed by atoms with Crippen LogP contribution in [0.2, 0.25) is 0 Å². The Morgan fingerprint density at radius 3 is 2.62 bits per heavy atom. The van der Waals surface area contributed by atoms with Crippen LogP contribution >= 0.6 is 0 Å². The van der Waals surface area contributed by atoms with Gasteiger partial charge in [0.25, 0.3) is 0 Å². The summed E-state index contributed by atoms with van der Waals surface area (Å²) in [5.41, 5.74) is 10.2. The molecule has 0 amide bonds. The van der Waals surface area contributed by atoms with Crippen LogP contribution in [-0.4, -0.2) is 9.55 Å². The van der Waals surface area contributed by atoms with Gasteiger partial charge in [0.1, 0.15) is 17.3 Å². The predicted molar refractivity (Wildman–Crippen MR) is 86.3 cm³/mol. The molecule has 0 spiro atoms. The Labute approximate surface area is 126 Å². The zero-order valence-corrected chi connectivity index (χ0v) is 12.7. The third kappa shape index (κ3) is 2.25. The molecule has 0 unspecified atom stereocenters. The highest BCUT2D eigenvalue weighted by molar-refractivity contribution is 5.75. The van der Waals surface area contributed by atoms with Crippen molar-refractivity contribution in [2.75, 3.05) is 5.73 Å². The lowest BCUT2D eigenvalue weighted by Gasteiger charge is -2.09. The smallest absolute Gasteiger partial charge is 0.132 e. The molecule has 0 saturated heterocycles. The Bertz CT molecular complexity index is 663. The van der Waals surface area contributed by atoms with E-state index >= 15 is 0 Å². The fourth-order valence-electron chi connectivity index (χ4n) is 3.29. The Hall–Kier alpha value is -1.77. The molecule has 0 bridgehead atoms. The lowest BCUT2D eigenvalue weighted by atomic mass is 10.0. The van der Waals surface area contributed by atoms with E-state index in [0.29, 0.717) is 6.04 Å². The highest BCUT2D eigenvalue weighted by Crippen LogP contribution is 2.46. The maximum atomic E-state index is 6.50. The van der Waals surface area contributed by atoms with Gasteiger partial charge in [-0.1, -0.05) is 31.2 Å². The summed E-state index contributed by atoms with van der Waals surface area (Å²) in [7, 11) is 0. The van der Waals surface area contributed by atoms with E-state index in [4.69, 9.17) is 10.7 Å². The number of aryl methyl sites for hydroxylation is 1. The van der Waals surface area contributed by atoms with E-state index in [1.165, 1.54) is 42.6 Å². The quantitative estimate of drug-likeness (QED) is 0.888. The topological polar surface area (TPSA) is 43.8 Å². The average molecular weight is 281 g/mol. The van der Waals surface area contributed by atoms with Crippen molar-refractivity contribution in [1.29, 1.82) is 0 Å². The van der Waals surface area contributed by atoms with Crippen molar-refractivity contribution in [2.24, 2.45) is 0 Å². The highest BCUT2D eigenvalue weighted by atomic mass is 15.2. The van der Waals surface area contributed by atoms with E-state index in [2.05, 4.69) is 35.8 Å². The first-order chi connectivity index (χ1) is 10.3. The SMILES string of the molecule is CCCc1nc(-c2ccccc2C2CC2)c(N)n1C1CC1. The maximum absolute atomic E-state index is 6.50. The molecule has 0 radical (unpaired) electrons. The molecule has 110 valence electrons. The van der Waals surface area contributed by atoms with Gasteiger partial charge in [0.05, 0.1) is 0 Å². The predicted octanol–water partition coefficient (Wildman–Crippen LogP) is 4.30. The van der Waals surface area contributed by atoms with Crippen molar-refractivity contribution in [3.63, 3.8) is 0 Å². The second-order valence-electron chi connectivity index (χ2n) is 6.47. The molecule has 4 rings (SSSR count). The van der Waals surface area contributed by atoms with Crippen LogP contribution in [-0.2, 0) is 6.42 Å². The van der Waals surface area contributed by atoms with Crippen LogP contribution in [0.1, 0.15) is 62.4 Å². The van der Waals surface area contributed by atoms with Gasteiger partial charge in [-0.2, -0.15) is 0 Å². The minimum Gasteiger partial charge on any atom is -0.383 e. The van der Waals surface area contributed by atoms with Crippen LogP contribution in [0.5, 0.6) is 0 Å². The number of nitrogens with two attached hydrogens (primary N) is 1. The highest BCUT2D eigenvalue weighted by Gasteiger charge is 2.32. The largest absolute Gasteiger partial charge is 0.383 e. The van der Waals surface area contributed by atoms with Crippen LogP contribution in [0.3, 0.4) is 0 Å². The van der Waals surface area contributed by atoms with E-state index in [1.54, 1.807) is 0 Å².